The number of carbonyl (C=O) groups is 2. The molecule has 0 saturated carbocycles. The van der Waals surface area contributed by atoms with Crippen molar-refractivity contribution in [3.8, 4) is 0 Å². The number of hydrogen-bond donors (Lipinski definition) is 2. The fraction of sp³-hybridized carbons (Fsp3) is 0.158. The zero-order chi connectivity index (χ0) is 17.0. The summed E-state index contributed by atoms with van der Waals surface area (Å²) in [5, 5.41) is 5.66. The molecule has 3 rings (SSSR count). The fourth-order valence-corrected chi connectivity index (χ4v) is 3.37. The van der Waals surface area contributed by atoms with Gasteiger partial charge in [-0.1, -0.05) is 60.7 Å². The van der Waals surface area contributed by atoms with Crippen molar-refractivity contribution in [1.29, 1.82) is 0 Å². The number of benzene rings is 2. The van der Waals surface area contributed by atoms with Gasteiger partial charge in [0.2, 0.25) is 0 Å². The zero-order valence-electron chi connectivity index (χ0n) is 13.3. The summed E-state index contributed by atoms with van der Waals surface area (Å²) in [4.78, 5) is 24.2. The van der Waals surface area contributed by atoms with Crippen molar-refractivity contribution in [2.75, 3.05) is 6.26 Å². The maximum absolute atomic E-state index is 12.7. The molecule has 1 atom stereocenters. The molecule has 1 fully saturated rings. The molecular weight excluding hydrogens is 320 g/mol. The molecule has 2 N–H and O–H groups in total. The fourth-order valence-electron chi connectivity index (χ4n) is 2.63. The predicted octanol–water partition coefficient (Wildman–Crippen LogP) is 2.58. The van der Waals surface area contributed by atoms with Gasteiger partial charge in [-0.2, -0.15) is 0 Å². The zero-order valence-corrected chi connectivity index (χ0v) is 14.1. The van der Waals surface area contributed by atoms with Crippen LogP contribution in [0.25, 0.3) is 6.08 Å². The topological polar surface area (TPSA) is 58.2 Å². The Balaban J connectivity index is 1.85. The Kier molecular flexibility index (Phi) is 4.71. The first-order valence-corrected chi connectivity index (χ1v) is 8.85. The van der Waals surface area contributed by atoms with E-state index in [1.54, 1.807) is 6.08 Å². The molecule has 4 nitrogen and oxygen atoms in total. The molecule has 0 aliphatic carbocycles. The molecule has 0 bridgehead atoms. The monoisotopic (exact) mass is 338 g/mol. The third kappa shape index (κ3) is 3.36. The van der Waals surface area contributed by atoms with Gasteiger partial charge in [-0.05, 0) is 23.5 Å². The molecule has 0 spiro atoms. The molecule has 1 heterocycles. The molecule has 5 heteroatoms. The van der Waals surface area contributed by atoms with E-state index in [9.17, 15) is 9.59 Å². The number of piperazine rings is 1. The van der Waals surface area contributed by atoms with Crippen LogP contribution in [0.2, 0.25) is 0 Å². The highest BCUT2D eigenvalue weighted by Gasteiger charge is 2.44. The maximum Gasteiger partial charge on any atom is 0.269 e. The lowest BCUT2D eigenvalue weighted by Gasteiger charge is -2.36. The van der Waals surface area contributed by atoms with Gasteiger partial charge in [0, 0.05) is 6.42 Å². The van der Waals surface area contributed by atoms with Crippen LogP contribution in [0.15, 0.2) is 66.4 Å². The van der Waals surface area contributed by atoms with E-state index in [0.29, 0.717) is 6.42 Å². The van der Waals surface area contributed by atoms with Gasteiger partial charge in [0.1, 0.15) is 5.70 Å². The normalized spacial score (nSPS) is 22.1. The first-order valence-electron chi connectivity index (χ1n) is 7.63. The van der Waals surface area contributed by atoms with E-state index in [1.165, 1.54) is 11.8 Å². The average molecular weight is 338 g/mol. The van der Waals surface area contributed by atoms with Gasteiger partial charge in [0.25, 0.3) is 11.8 Å². The Labute approximate surface area is 145 Å². The molecule has 0 unspecified atom stereocenters. The largest absolute Gasteiger partial charge is 0.328 e. The summed E-state index contributed by atoms with van der Waals surface area (Å²) in [7, 11) is 0. The van der Waals surface area contributed by atoms with Gasteiger partial charge in [0.05, 0.1) is 0 Å². The van der Waals surface area contributed by atoms with Crippen LogP contribution in [0, 0.1) is 0 Å². The van der Waals surface area contributed by atoms with Crippen LogP contribution in [0.5, 0.6) is 0 Å². The van der Waals surface area contributed by atoms with E-state index < -0.39 is 4.87 Å². The van der Waals surface area contributed by atoms with Crippen molar-refractivity contribution in [2.45, 2.75) is 11.3 Å². The van der Waals surface area contributed by atoms with Crippen LogP contribution in [-0.2, 0) is 16.0 Å². The molecule has 2 aromatic rings. The Hall–Kier alpha value is -2.53. The van der Waals surface area contributed by atoms with Crippen LogP contribution in [0.4, 0.5) is 0 Å². The summed E-state index contributed by atoms with van der Waals surface area (Å²) in [6.45, 7) is 0. The minimum atomic E-state index is -0.994. The Morgan fingerprint density at radius 3 is 2.25 bits per heavy atom. The van der Waals surface area contributed by atoms with Crippen molar-refractivity contribution >= 4 is 29.7 Å². The second kappa shape index (κ2) is 6.93. The highest BCUT2D eigenvalue weighted by molar-refractivity contribution is 8.00. The number of carbonyl (C=O) groups excluding carboxylic acids is 2. The van der Waals surface area contributed by atoms with E-state index in [2.05, 4.69) is 10.6 Å². The quantitative estimate of drug-likeness (QED) is 0.843. The number of rotatable bonds is 4. The van der Waals surface area contributed by atoms with Crippen molar-refractivity contribution in [3.63, 3.8) is 0 Å². The van der Waals surface area contributed by atoms with Gasteiger partial charge in [-0.25, -0.2) is 0 Å². The Bertz CT molecular complexity index is 774. The van der Waals surface area contributed by atoms with Gasteiger partial charge < -0.3 is 10.6 Å². The first-order chi connectivity index (χ1) is 11.6. The molecule has 0 aromatic heterocycles. The van der Waals surface area contributed by atoms with Crippen LogP contribution in [0.3, 0.4) is 0 Å². The van der Waals surface area contributed by atoms with Gasteiger partial charge in [-0.3, -0.25) is 9.59 Å². The van der Waals surface area contributed by atoms with Crippen LogP contribution >= 0.6 is 11.8 Å². The lowest BCUT2D eigenvalue weighted by molar-refractivity contribution is -0.132. The molecule has 1 aliphatic rings. The predicted molar refractivity (Wildman–Crippen MR) is 97.1 cm³/mol. The van der Waals surface area contributed by atoms with Gasteiger partial charge >= 0.3 is 0 Å². The van der Waals surface area contributed by atoms with Crippen LogP contribution in [-0.4, -0.2) is 22.9 Å². The van der Waals surface area contributed by atoms with Crippen molar-refractivity contribution in [1.82, 2.24) is 10.6 Å². The first kappa shape index (κ1) is 16.3. The van der Waals surface area contributed by atoms with E-state index in [-0.39, 0.29) is 17.5 Å². The van der Waals surface area contributed by atoms with Crippen molar-refractivity contribution in [3.05, 3.63) is 77.5 Å². The molecule has 2 aromatic carbocycles. The molecule has 0 radical (unpaired) electrons. The minimum absolute atomic E-state index is 0.208. The number of amides is 2. The van der Waals surface area contributed by atoms with Crippen LogP contribution in [0.1, 0.15) is 11.1 Å². The standard InChI is InChI=1S/C19H18N2O2S/c1-24-19(13-15-10-6-3-7-11-15)18(23)20-16(17(22)21-19)12-14-8-4-2-5-9-14/h2-12H,13H2,1H3,(H,20,23)(H,21,22)/b16-12-/t19-/m1/s1. The second-order valence-corrected chi connectivity index (χ2v) is 6.68. The molecule has 122 valence electrons. The highest BCUT2D eigenvalue weighted by Crippen LogP contribution is 2.28. The summed E-state index contributed by atoms with van der Waals surface area (Å²) >= 11 is 1.34. The molecule has 1 aliphatic heterocycles. The third-order valence-corrected chi connectivity index (χ3v) is 5.06. The third-order valence-electron chi connectivity index (χ3n) is 3.93. The Morgan fingerprint density at radius 2 is 1.62 bits per heavy atom. The summed E-state index contributed by atoms with van der Waals surface area (Å²) in [5.74, 6) is -0.482. The number of nitrogens with one attached hydrogen (secondary N) is 2. The minimum Gasteiger partial charge on any atom is -0.328 e. The molecule has 1 saturated heterocycles. The average Bonchev–Trinajstić information content (AvgIpc) is 2.61. The van der Waals surface area contributed by atoms with E-state index in [1.807, 2.05) is 66.9 Å². The summed E-state index contributed by atoms with van der Waals surface area (Å²) < 4.78 is 0. The SMILES string of the molecule is CS[C@@]1(Cc2ccccc2)NC(=O)/C(=C/c2ccccc2)NC1=O. The lowest BCUT2D eigenvalue weighted by Crippen LogP contribution is -2.63. The maximum atomic E-state index is 12.7. The molecular formula is C19H18N2O2S. The van der Waals surface area contributed by atoms with E-state index >= 15 is 0 Å². The van der Waals surface area contributed by atoms with Gasteiger partial charge in [-0.15, -0.1) is 11.8 Å². The van der Waals surface area contributed by atoms with Crippen molar-refractivity contribution < 1.29 is 9.59 Å². The molecule has 24 heavy (non-hydrogen) atoms. The molecule has 2 amide bonds. The number of thioether (sulfide) groups is 1. The summed E-state index contributed by atoms with van der Waals surface area (Å²) in [6.07, 6.45) is 3.94. The van der Waals surface area contributed by atoms with E-state index in [4.69, 9.17) is 0 Å². The van der Waals surface area contributed by atoms with Crippen molar-refractivity contribution in [2.24, 2.45) is 0 Å². The number of hydrogen-bond acceptors (Lipinski definition) is 3. The summed E-state index contributed by atoms with van der Waals surface area (Å²) in [5.41, 5.74) is 2.13. The Morgan fingerprint density at radius 1 is 1.00 bits per heavy atom. The summed E-state index contributed by atoms with van der Waals surface area (Å²) in [6, 6.07) is 19.1. The second-order valence-electron chi connectivity index (χ2n) is 5.57. The lowest BCUT2D eigenvalue weighted by atomic mass is 10.0. The van der Waals surface area contributed by atoms with Gasteiger partial charge in [0.15, 0.2) is 4.87 Å². The van der Waals surface area contributed by atoms with Crippen LogP contribution < -0.4 is 10.6 Å². The highest BCUT2D eigenvalue weighted by atomic mass is 32.2. The van der Waals surface area contributed by atoms with E-state index in [0.717, 1.165) is 11.1 Å². The smallest absolute Gasteiger partial charge is 0.269 e.